The first kappa shape index (κ1) is 16.1. The van der Waals surface area contributed by atoms with Crippen LogP contribution in [0.2, 0.25) is 0 Å². The Kier molecular flexibility index (Phi) is 5.85. The fourth-order valence-electron chi connectivity index (χ4n) is 3.07. The predicted octanol–water partition coefficient (Wildman–Crippen LogP) is 3.06. The molecule has 0 spiro atoms. The molecule has 21 heavy (non-hydrogen) atoms. The number of carbonyl (C=O) groups is 1. The normalized spacial score (nSPS) is 23.6. The summed E-state index contributed by atoms with van der Waals surface area (Å²) < 4.78 is 5.05. The highest BCUT2D eigenvalue weighted by Gasteiger charge is 2.23. The summed E-state index contributed by atoms with van der Waals surface area (Å²) in [6.45, 7) is 13.0. The molecule has 0 N–H and O–H groups in total. The van der Waals surface area contributed by atoms with E-state index >= 15 is 0 Å². The number of ether oxygens (including phenoxy) is 1. The molecule has 118 valence electrons. The molecule has 4 heteroatoms. The summed E-state index contributed by atoms with van der Waals surface area (Å²) in [5.41, 5.74) is 2.87. The van der Waals surface area contributed by atoms with E-state index in [9.17, 15) is 4.79 Å². The fourth-order valence-corrected chi connectivity index (χ4v) is 3.07. The van der Waals surface area contributed by atoms with Gasteiger partial charge in [-0.25, -0.2) is 4.79 Å². The van der Waals surface area contributed by atoms with Gasteiger partial charge in [0.2, 0.25) is 0 Å². The van der Waals surface area contributed by atoms with Crippen LogP contribution in [0.15, 0.2) is 23.8 Å². The number of rotatable bonds is 4. The van der Waals surface area contributed by atoms with Crippen molar-refractivity contribution in [2.24, 2.45) is 5.92 Å². The van der Waals surface area contributed by atoms with E-state index in [0.717, 1.165) is 39.1 Å². The van der Waals surface area contributed by atoms with E-state index in [-0.39, 0.29) is 6.09 Å². The molecule has 1 saturated heterocycles. The third-order valence-electron chi connectivity index (χ3n) is 4.53. The third-order valence-corrected chi connectivity index (χ3v) is 4.53. The molecular formula is C17H28N2O2. The van der Waals surface area contributed by atoms with Crippen LogP contribution in [0.5, 0.6) is 0 Å². The lowest BCUT2D eigenvalue weighted by atomic mass is 9.85. The van der Waals surface area contributed by atoms with Gasteiger partial charge in [-0.3, -0.25) is 4.90 Å². The van der Waals surface area contributed by atoms with E-state index in [0.29, 0.717) is 12.5 Å². The molecule has 1 heterocycles. The van der Waals surface area contributed by atoms with Crippen LogP contribution in [-0.4, -0.2) is 55.2 Å². The zero-order valence-electron chi connectivity index (χ0n) is 13.4. The van der Waals surface area contributed by atoms with Gasteiger partial charge in [0.1, 0.15) is 0 Å². The molecule has 1 aliphatic carbocycles. The zero-order chi connectivity index (χ0) is 15.2. The van der Waals surface area contributed by atoms with Gasteiger partial charge in [-0.15, -0.1) is 0 Å². The monoisotopic (exact) mass is 292 g/mol. The number of hydrogen-bond acceptors (Lipinski definition) is 3. The van der Waals surface area contributed by atoms with E-state index in [1.54, 1.807) is 5.57 Å². The molecule has 0 aromatic heterocycles. The van der Waals surface area contributed by atoms with Crippen molar-refractivity contribution in [1.82, 2.24) is 9.80 Å². The van der Waals surface area contributed by atoms with Crippen molar-refractivity contribution in [2.75, 3.05) is 39.3 Å². The Labute approximate surface area is 128 Å². The van der Waals surface area contributed by atoms with Gasteiger partial charge in [0, 0.05) is 32.7 Å². The third kappa shape index (κ3) is 4.60. The summed E-state index contributed by atoms with van der Waals surface area (Å²) >= 11 is 0. The van der Waals surface area contributed by atoms with Gasteiger partial charge in [0.25, 0.3) is 0 Å². The van der Waals surface area contributed by atoms with E-state index in [2.05, 4.69) is 24.5 Å². The first-order valence-corrected chi connectivity index (χ1v) is 8.07. The standard InChI is InChI=1S/C17H28N2O2/c1-4-21-17(20)19-11-9-18(10-12-19)13-15-5-7-16(8-6-15)14(2)3/h5,16H,2,4,6-13H2,1,3H3/t16-/m0/s1. The first-order chi connectivity index (χ1) is 10.1. The molecule has 0 saturated carbocycles. The summed E-state index contributed by atoms with van der Waals surface area (Å²) in [6, 6.07) is 0. The van der Waals surface area contributed by atoms with Crippen LogP contribution in [0.1, 0.15) is 33.1 Å². The number of carbonyl (C=O) groups excluding carboxylic acids is 1. The molecule has 2 aliphatic rings. The molecule has 0 aromatic rings. The van der Waals surface area contributed by atoms with E-state index in [1.165, 1.54) is 18.4 Å². The van der Waals surface area contributed by atoms with Crippen LogP contribution in [0.4, 0.5) is 4.79 Å². The SMILES string of the molecule is C=C(C)[C@H]1CC=C(CN2CCN(C(=O)OCC)CC2)CC1. The number of piperazine rings is 1. The van der Waals surface area contributed by atoms with Gasteiger partial charge < -0.3 is 9.64 Å². The number of amides is 1. The molecule has 4 nitrogen and oxygen atoms in total. The van der Waals surface area contributed by atoms with Gasteiger partial charge >= 0.3 is 6.09 Å². The quantitative estimate of drug-likeness (QED) is 0.747. The maximum Gasteiger partial charge on any atom is 0.409 e. The molecule has 0 bridgehead atoms. The second-order valence-electron chi connectivity index (χ2n) is 6.14. The van der Waals surface area contributed by atoms with Crippen molar-refractivity contribution in [2.45, 2.75) is 33.1 Å². The van der Waals surface area contributed by atoms with Crippen molar-refractivity contribution in [3.8, 4) is 0 Å². The van der Waals surface area contributed by atoms with Crippen molar-refractivity contribution >= 4 is 6.09 Å². The van der Waals surface area contributed by atoms with E-state index in [4.69, 9.17) is 4.74 Å². The highest BCUT2D eigenvalue weighted by molar-refractivity contribution is 5.67. The fraction of sp³-hybridized carbons (Fsp3) is 0.706. The minimum Gasteiger partial charge on any atom is -0.450 e. The van der Waals surface area contributed by atoms with Crippen molar-refractivity contribution in [3.63, 3.8) is 0 Å². The van der Waals surface area contributed by atoms with Crippen LogP contribution < -0.4 is 0 Å². The smallest absolute Gasteiger partial charge is 0.409 e. The molecule has 1 atom stereocenters. The summed E-state index contributed by atoms with van der Waals surface area (Å²) in [5.74, 6) is 0.675. The van der Waals surface area contributed by atoms with Gasteiger partial charge in [0.05, 0.1) is 6.61 Å². The van der Waals surface area contributed by atoms with E-state index in [1.807, 2.05) is 11.8 Å². The number of allylic oxidation sites excluding steroid dienone is 2. The van der Waals surface area contributed by atoms with Gasteiger partial charge in [0.15, 0.2) is 0 Å². The maximum atomic E-state index is 11.7. The van der Waals surface area contributed by atoms with Crippen molar-refractivity contribution < 1.29 is 9.53 Å². The lowest BCUT2D eigenvalue weighted by Crippen LogP contribution is -2.49. The Morgan fingerprint density at radius 1 is 1.38 bits per heavy atom. The van der Waals surface area contributed by atoms with Crippen LogP contribution in [0.3, 0.4) is 0 Å². The average Bonchev–Trinajstić information content (AvgIpc) is 2.49. The van der Waals surface area contributed by atoms with Crippen LogP contribution >= 0.6 is 0 Å². The molecule has 1 fully saturated rings. The highest BCUT2D eigenvalue weighted by atomic mass is 16.6. The lowest BCUT2D eigenvalue weighted by molar-refractivity contribution is 0.0816. The van der Waals surface area contributed by atoms with Crippen LogP contribution in [0.25, 0.3) is 0 Å². The average molecular weight is 292 g/mol. The molecule has 0 aromatic carbocycles. The van der Waals surface area contributed by atoms with Crippen LogP contribution in [0, 0.1) is 5.92 Å². The molecule has 1 amide bonds. The molecule has 2 rings (SSSR count). The Hall–Kier alpha value is -1.29. The number of nitrogens with zero attached hydrogens (tertiary/aromatic N) is 2. The minimum atomic E-state index is -0.168. The Morgan fingerprint density at radius 2 is 2.10 bits per heavy atom. The largest absolute Gasteiger partial charge is 0.450 e. The number of hydrogen-bond donors (Lipinski definition) is 0. The second-order valence-corrected chi connectivity index (χ2v) is 6.14. The van der Waals surface area contributed by atoms with Crippen molar-refractivity contribution in [1.29, 1.82) is 0 Å². The predicted molar refractivity (Wildman–Crippen MR) is 85.3 cm³/mol. The summed E-state index contributed by atoms with van der Waals surface area (Å²) in [6.07, 6.45) is 5.81. The summed E-state index contributed by atoms with van der Waals surface area (Å²) in [5, 5.41) is 0. The van der Waals surface area contributed by atoms with Crippen molar-refractivity contribution in [3.05, 3.63) is 23.8 Å². The summed E-state index contributed by atoms with van der Waals surface area (Å²) in [7, 11) is 0. The molecule has 0 radical (unpaired) electrons. The maximum absolute atomic E-state index is 11.7. The Morgan fingerprint density at radius 3 is 2.62 bits per heavy atom. The van der Waals surface area contributed by atoms with Gasteiger partial charge in [-0.1, -0.05) is 23.8 Å². The second kappa shape index (κ2) is 7.64. The minimum absolute atomic E-state index is 0.168. The highest BCUT2D eigenvalue weighted by Crippen LogP contribution is 2.28. The van der Waals surface area contributed by atoms with E-state index < -0.39 is 0 Å². The molecule has 0 unspecified atom stereocenters. The molecule has 1 aliphatic heterocycles. The topological polar surface area (TPSA) is 32.8 Å². The Balaban J connectivity index is 1.74. The Bertz CT molecular complexity index is 409. The van der Waals surface area contributed by atoms with Crippen LogP contribution in [-0.2, 0) is 4.74 Å². The molecular weight excluding hydrogens is 264 g/mol. The zero-order valence-corrected chi connectivity index (χ0v) is 13.4. The summed E-state index contributed by atoms with van der Waals surface area (Å²) in [4.78, 5) is 15.9. The van der Waals surface area contributed by atoms with Gasteiger partial charge in [-0.05, 0) is 39.0 Å². The first-order valence-electron chi connectivity index (χ1n) is 8.07. The lowest BCUT2D eigenvalue weighted by Gasteiger charge is -2.35. The van der Waals surface area contributed by atoms with Gasteiger partial charge in [-0.2, -0.15) is 0 Å².